The molecule has 5 atom stereocenters. The summed E-state index contributed by atoms with van der Waals surface area (Å²) in [6.07, 6.45) is 7.80. The summed E-state index contributed by atoms with van der Waals surface area (Å²) in [4.78, 5) is 17.6. The summed E-state index contributed by atoms with van der Waals surface area (Å²) in [5, 5.41) is 23.4. The minimum Gasteiger partial charge on any atom is -0.504 e. The first-order valence-corrected chi connectivity index (χ1v) is 14.4. The van der Waals surface area contributed by atoms with Crippen molar-refractivity contribution in [3.63, 3.8) is 0 Å². The number of amides is 1. The van der Waals surface area contributed by atoms with E-state index in [1.54, 1.807) is 36.2 Å². The Morgan fingerprint density at radius 2 is 2.08 bits per heavy atom. The number of hydrogen-bond donors (Lipinski definition) is 2. The monoisotopic (exact) mass is 582 g/mol. The SMILES string of the molecule is CN(C(=O)C=Cc1ccc(Br)c(F)c1)[C@@H]1CC[C@@]2(O)[C@H]3Cc4ccc(O)c5c4[C@@]2(CCN3CC2CC2)[C@H]1O5. The van der Waals surface area contributed by atoms with E-state index in [9.17, 15) is 19.4 Å². The first-order valence-electron chi connectivity index (χ1n) is 13.6. The van der Waals surface area contributed by atoms with Crippen molar-refractivity contribution in [2.75, 3.05) is 20.1 Å². The first kappa shape index (κ1) is 24.6. The Morgan fingerprint density at radius 3 is 2.84 bits per heavy atom. The zero-order chi connectivity index (χ0) is 26.4. The lowest BCUT2D eigenvalue weighted by Gasteiger charge is -2.64. The summed E-state index contributed by atoms with van der Waals surface area (Å²) in [5.74, 6) is 0.715. The molecule has 8 heteroatoms. The number of ether oxygens (including phenoxy) is 1. The summed E-state index contributed by atoms with van der Waals surface area (Å²) < 4.78 is 20.9. The standard InChI is InChI=1S/C30H32BrFN2O4/c1-33(25(36)9-5-17-4-7-20(31)21(32)14-17)22-10-11-30(37)24-15-19-6-8-23(35)27-26(19)29(30,28(22)38-27)12-13-34(24)16-18-2-3-18/h4-9,14,18,22,24,28,35,37H,2-3,10-13,15-16H2,1H3/t22-,24-,28+,29+,30-/m1/s1. The molecule has 2 aliphatic heterocycles. The first-order chi connectivity index (χ1) is 18.2. The molecule has 1 spiro atoms. The van der Waals surface area contributed by atoms with Gasteiger partial charge >= 0.3 is 0 Å². The predicted molar refractivity (Wildman–Crippen MR) is 144 cm³/mol. The normalized spacial score (nSPS) is 33.2. The largest absolute Gasteiger partial charge is 0.504 e. The van der Waals surface area contributed by atoms with Crippen LogP contribution in [-0.2, 0) is 16.6 Å². The molecule has 2 aromatic rings. The van der Waals surface area contributed by atoms with Crippen molar-refractivity contribution in [3.8, 4) is 11.5 Å². The van der Waals surface area contributed by atoms with Gasteiger partial charge in [0.2, 0.25) is 5.91 Å². The van der Waals surface area contributed by atoms with Gasteiger partial charge in [-0.1, -0.05) is 12.1 Å². The Hall–Kier alpha value is -2.42. The molecule has 2 heterocycles. The van der Waals surface area contributed by atoms with Crippen molar-refractivity contribution in [1.82, 2.24) is 9.80 Å². The average Bonchev–Trinajstić information content (AvgIpc) is 3.64. The predicted octanol–water partition coefficient (Wildman–Crippen LogP) is 4.40. The molecule has 2 bridgehead atoms. The number of likely N-dealkylation sites (N-methyl/N-ethyl adjacent to an activating group) is 1. The summed E-state index contributed by atoms with van der Waals surface area (Å²) in [7, 11) is 1.77. The fraction of sp³-hybridized carbons (Fsp3) is 0.500. The molecule has 1 saturated heterocycles. The van der Waals surface area contributed by atoms with Crippen LogP contribution in [0.1, 0.15) is 48.8 Å². The number of nitrogens with zero attached hydrogens (tertiary/aromatic N) is 2. The Morgan fingerprint density at radius 1 is 1.26 bits per heavy atom. The molecule has 3 fully saturated rings. The number of carbonyl (C=O) groups is 1. The van der Waals surface area contributed by atoms with E-state index in [-0.39, 0.29) is 29.6 Å². The minimum atomic E-state index is -0.984. The second-order valence-electron chi connectivity index (χ2n) is 11.9. The number of piperidine rings is 1. The van der Waals surface area contributed by atoms with Gasteiger partial charge in [-0.3, -0.25) is 9.69 Å². The fourth-order valence-corrected chi connectivity index (χ4v) is 8.16. The third kappa shape index (κ3) is 3.39. The smallest absolute Gasteiger partial charge is 0.246 e. The number of benzene rings is 2. The number of aliphatic hydroxyl groups is 1. The maximum atomic E-state index is 14.0. The topological polar surface area (TPSA) is 73.2 Å². The van der Waals surface area contributed by atoms with Crippen molar-refractivity contribution in [2.24, 2.45) is 5.92 Å². The lowest BCUT2D eigenvalue weighted by Crippen LogP contribution is -2.78. The third-order valence-electron chi connectivity index (χ3n) is 9.94. The van der Waals surface area contributed by atoms with E-state index in [4.69, 9.17) is 4.74 Å². The van der Waals surface area contributed by atoms with Crippen LogP contribution >= 0.6 is 15.9 Å². The van der Waals surface area contributed by atoms with Gasteiger partial charge < -0.3 is 19.8 Å². The molecule has 38 heavy (non-hydrogen) atoms. The van der Waals surface area contributed by atoms with Crippen LogP contribution in [-0.4, -0.2) is 69.8 Å². The molecular formula is C30H32BrFN2O4. The lowest BCUT2D eigenvalue weighted by molar-refractivity contribution is -0.200. The summed E-state index contributed by atoms with van der Waals surface area (Å²) in [6, 6.07) is 8.17. The summed E-state index contributed by atoms with van der Waals surface area (Å²) in [6.45, 7) is 1.90. The molecular weight excluding hydrogens is 551 g/mol. The van der Waals surface area contributed by atoms with E-state index in [1.165, 1.54) is 25.0 Å². The zero-order valence-electron chi connectivity index (χ0n) is 21.4. The van der Waals surface area contributed by atoms with Crippen molar-refractivity contribution in [2.45, 2.75) is 67.7 Å². The van der Waals surface area contributed by atoms with Gasteiger partial charge in [0, 0.05) is 31.3 Å². The number of phenols is 1. The highest BCUT2D eigenvalue weighted by molar-refractivity contribution is 9.10. The van der Waals surface area contributed by atoms with E-state index >= 15 is 0 Å². The Labute approximate surface area is 230 Å². The molecule has 1 amide bonds. The molecule has 5 aliphatic rings. The van der Waals surface area contributed by atoms with Crippen LogP contribution in [0.4, 0.5) is 4.39 Å². The van der Waals surface area contributed by atoms with E-state index in [0.29, 0.717) is 28.6 Å². The van der Waals surface area contributed by atoms with Gasteiger partial charge in [-0.05, 0) is 102 Å². The van der Waals surface area contributed by atoms with E-state index < -0.39 is 17.1 Å². The van der Waals surface area contributed by atoms with Gasteiger partial charge in [0.1, 0.15) is 11.9 Å². The van der Waals surface area contributed by atoms with Gasteiger partial charge in [0.15, 0.2) is 11.5 Å². The zero-order valence-corrected chi connectivity index (χ0v) is 23.0. The minimum absolute atomic E-state index is 0.0000903. The second-order valence-corrected chi connectivity index (χ2v) is 12.7. The highest BCUT2D eigenvalue weighted by Gasteiger charge is 2.73. The summed E-state index contributed by atoms with van der Waals surface area (Å²) in [5.41, 5.74) is 1.04. The lowest BCUT2D eigenvalue weighted by atomic mass is 9.48. The van der Waals surface area contributed by atoms with Crippen molar-refractivity contribution in [1.29, 1.82) is 0 Å². The number of likely N-dealkylation sites (tertiary alicyclic amines) is 1. The Kier molecular flexibility index (Phi) is 5.53. The Balaban J connectivity index is 1.23. The molecule has 0 radical (unpaired) electrons. The number of aromatic hydroxyl groups is 1. The third-order valence-corrected chi connectivity index (χ3v) is 10.6. The van der Waals surface area contributed by atoms with Crippen LogP contribution in [0, 0.1) is 11.7 Å². The molecule has 0 aromatic heterocycles. The maximum absolute atomic E-state index is 14.0. The van der Waals surface area contributed by atoms with Crippen molar-refractivity contribution in [3.05, 3.63) is 63.4 Å². The molecule has 0 unspecified atom stereocenters. The highest BCUT2D eigenvalue weighted by atomic mass is 79.9. The van der Waals surface area contributed by atoms with Crippen LogP contribution in [0.5, 0.6) is 11.5 Å². The number of hydrogen-bond acceptors (Lipinski definition) is 5. The number of halogens is 2. The van der Waals surface area contributed by atoms with Gasteiger partial charge in [0.05, 0.1) is 21.5 Å². The molecule has 7 rings (SSSR count). The summed E-state index contributed by atoms with van der Waals surface area (Å²) >= 11 is 3.16. The number of carbonyl (C=O) groups excluding carboxylic acids is 1. The van der Waals surface area contributed by atoms with Gasteiger partial charge in [-0.15, -0.1) is 0 Å². The molecule has 2 aromatic carbocycles. The van der Waals surface area contributed by atoms with E-state index in [1.807, 2.05) is 6.07 Å². The van der Waals surface area contributed by atoms with Crippen LogP contribution in [0.25, 0.3) is 6.08 Å². The molecule has 200 valence electrons. The number of phenolic OH excluding ortho intramolecular Hbond substituents is 1. The van der Waals surface area contributed by atoms with Crippen LogP contribution in [0.2, 0.25) is 0 Å². The number of rotatable bonds is 5. The second kappa shape index (κ2) is 8.54. The van der Waals surface area contributed by atoms with E-state index in [2.05, 4.69) is 20.8 Å². The fourth-order valence-electron chi connectivity index (χ4n) is 7.92. The van der Waals surface area contributed by atoms with Crippen molar-refractivity contribution >= 4 is 27.9 Å². The average molecular weight is 583 g/mol. The van der Waals surface area contributed by atoms with Crippen LogP contribution < -0.4 is 4.74 Å². The van der Waals surface area contributed by atoms with Gasteiger partial charge in [-0.25, -0.2) is 4.39 Å². The molecule has 3 aliphatic carbocycles. The molecule has 2 saturated carbocycles. The molecule has 6 nitrogen and oxygen atoms in total. The van der Waals surface area contributed by atoms with Gasteiger partial charge in [0.25, 0.3) is 0 Å². The molecule has 2 N–H and O–H groups in total. The van der Waals surface area contributed by atoms with Crippen LogP contribution in [0.15, 0.2) is 40.9 Å². The maximum Gasteiger partial charge on any atom is 0.246 e. The van der Waals surface area contributed by atoms with Gasteiger partial charge in [-0.2, -0.15) is 0 Å². The Bertz CT molecular complexity index is 1360. The van der Waals surface area contributed by atoms with E-state index in [0.717, 1.165) is 43.0 Å². The van der Waals surface area contributed by atoms with Crippen LogP contribution in [0.3, 0.4) is 0 Å². The van der Waals surface area contributed by atoms with Crippen molar-refractivity contribution < 1.29 is 24.1 Å². The quantitative estimate of drug-likeness (QED) is 0.511. The highest BCUT2D eigenvalue weighted by Crippen LogP contribution is 2.66.